The molecule has 6 fully saturated rings. The van der Waals surface area contributed by atoms with Gasteiger partial charge in [-0.25, -0.2) is 0 Å². The van der Waals surface area contributed by atoms with Gasteiger partial charge >= 0.3 is 12.4 Å². The molecular formula is C75H118F6N12O13. The highest BCUT2D eigenvalue weighted by molar-refractivity contribution is 6.01. The van der Waals surface area contributed by atoms with Crippen molar-refractivity contribution in [2.45, 2.75) is 255 Å². The van der Waals surface area contributed by atoms with Gasteiger partial charge in [0, 0.05) is 76.1 Å². The Bertz CT molecular complexity index is 3180. The van der Waals surface area contributed by atoms with Gasteiger partial charge in [-0.05, 0) is 158 Å². The third-order valence-electron chi connectivity index (χ3n) is 24.4. The predicted molar refractivity (Wildman–Crippen MR) is 380 cm³/mol. The van der Waals surface area contributed by atoms with Gasteiger partial charge < -0.3 is 64.8 Å². The third kappa shape index (κ3) is 20.4. The number of hydrogen-bond acceptors (Lipinski definition) is 13. The molecule has 31 heteroatoms. The van der Waals surface area contributed by atoms with E-state index < -0.39 is 204 Å². The van der Waals surface area contributed by atoms with Crippen LogP contribution in [0.5, 0.6) is 0 Å². The predicted octanol–water partition coefficient (Wildman–Crippen LogP) is 6.31. The quantitative estimate of drug-likeness (QED) is 0.143. The minimum atomic E-state index is -4.55. The molecule has 1 spiro atoms. The molecule has 7 aliphatic rings. The maximum Gasteiger partial charge on any atom is 0.394 e. The summed E-state index contributed by atoms with van der Waals surface area (Å²) in [6.45, 7) is 9.11. The number of nitrogens with zero attached hydrogens (tertiary/aromatic N) is 9. The second-order valence-electron chi connectivity index (χ2n) is 32.0. The van der Waals surface area contributed by atoms with Crippen molar-refractivity contribution in [2.75, 3.05) is 89.2 Å². The fraction of sp³-hybridized carbons (Fsp3) is 0.813. The number of fused-ring (bicyclic) bond motifs is 3. The molecule has 0 radical (unpaired) electrons. The Morgan fingerprint density at radius 2 is 1.29 bits per heavy atom. The van der Waals surface area contributed by atoms with Crippen LogP contribution in [0.4, 0.5) is 26.3 Å². The van der Waals surface area contributed by atoms with E-state index in [0.29, 0.717) is 38.5 Å². The monoisotopic (exact) mass is 1510 g/mol. The van der Waals surface area contributed by atoms with Crippen molar-refractivity contribution in [1.82, 2.24) is 60.0 Å². The number of alkyl halides is 6. The molecule has 598 valence electrons. The maximum atomic E-state index is 15.5. The van der Waals surface area contributed by atoms with Gasteiger partial charge in [-0.15, -0.1) is 0 Å². The summed E-state index contributed by atoms with van der Waals surface area (Å²) in [4.78, 5) is 192. The van der Waals surface area contributed by atoms with Crippen LogP contribution in [-0.2, 0) is 62.3 Å². The number of methoxy groups -OCH3 is 1. The molecular weight excluding hydrogens is 1390 g/mol. The fourth-order valence-electron chi connectivity index (χ4n) is 17.2. The van der Waals surface area contributed by atoms with Crippen LogP contribution in [0.2, 0.25) is 0 Å². The second-order valence-corrected chi connectivity index (χ2v) is 32.0. The second kappa shape index (κ2) is 36.9. The largest absolute Gasteiger partial charge is 0.394 e. The van der Waals surface area contributed by atoms with Crippen LogP contribution < -0.4 is 16.0 Å². The van der Waals surface area contributed by atoms with Gasteiger partial charge in [0.15, 0.2) is 0 Å². The highest BCUT2D eigenvalue weighted by Gasteiger charge is 2.55. The highest BCUT2D eigenvalue weighted by Crippen LogP contribution is 2.45. The first kappa shape index (κ1) is 86.2. The van der Waals surface area contributed by atoms with Crippen molar-refractivity contribution in [1.29, 1.82) is 0 Å². The van der Waals surface area contributed by atoms with E-state index in [1.165, 1.54) is 85.8 Å². The molecule has 0 aromatic heterocycles. The van der Waals surface area contributed by atoms with E-state index in [0.717, 1.165) is 14.7 Å². The van der Waals surface area contributed by atoms with Crippen LogP contribution in [0.25, 0.3) is 0 Å². The Labute approximate surface area is 621 Å². The van der Waals surface area contributed by atoms with Gasteiger partial charge in [0.2, 0.25) is 70.9 Å². The molecule has 4 aliphatic carbocycles. The molecule has 3 aliphatic heterocycles. The van der Waals surface area contributed by atoms with E-state index in [4.69, 9.17) is 4.74 Å². The zero-order valence-corrected chi connectivity index (χ0v) is 64.7. The first-order valence-electron chi connectivity index (χ1n) is 38.4. The minimum absolute atomic E-state index is 0.00674. The van der Waals surface area contributed by atoms with E-state index in [-0.39, 0.29) is 122 Å². The summed E-state index contributed by atoms with van der Waals surface area (Å²) in [6.07, 6.45) is -4.33. The Kier molecular flexibility index (Phi) is 30.0. The Morgan fingerprint density at radius 1 is 0.660 bits per heavy atom. The summed E-state index contributed by atoms with van der Waals surface area (Å²) in [5.41, 5.74) is -1.59. The first-order valence-corrected chi connectivity index (χ1v) is 38.4. The number of ether oxygens (including phenoxy) is 1. The molecule has 13 atom stereocenters. The molecule has 2 bridgehead atoms. The molecule has 3 N–H and O–H groups in total. The van der Waals surface area contributed by atoms with Gasteiger partial charge in [0.05, 0.1) is 37.5 Å². The van der Waals surface area contributed by atoms with Crippen LogP contribution in [0.15, 0.2) is 12.2 Å². The van der Waals surface area contributed by atoms with Crippen LogP contribution in [-0.4, -0.2) is 276 Å². The molecule has 25 nitrogen and oxygen atoms in total. The van der Waals surface area contributed by atoms with Crippen LogP contribution in [0, 0.1) is 47.3 Å². The molecule has 0 aromatic rings. The molecule has 0 aromatic carbocycles. The topological polar surface area (TPSA) is 279 Å². The summed E-state index contributed by atoms with van der Waals surface area (Å²) >= 11 is 0. The normalized spacial score (nSPS) is 31.7. The van der Waals surface area contributed by atoms with E-state index >= 15 is 28.8 Å². The molecule has 4 saturated carbocycles. The average Bonchev–Trinajstić information content (AvgIpc) is 1.23. The van der Waals surface area contributed by atoms with Gasteiger partial charge in [0.25, 0.3) is 0 Å². The van der Waals surface area contributed by atoms with E-state index in [9.17, 15) is 55.1 Å². The summed E-state index contributed by atoms with van der Waals surface area (Å²) in [6, 6.07) is -10.6. The lowest BCUT2D eigenvalue weighted by Crippen LogP contribution is -2.68. The summed E-state index contributed by atoms with van der Waals surface area (Å²) in [7, 11) is 10.9. The van der Waals surface area contributed by atoms with Crippen molar-refractivity contribution in [3.63, 3.8) is 0 Å². The highest BCUT2D eigenvalue weighted by atomic mass is 19.4. The van der Waals surface area contributed by atoms with E-state index in [2.05, 4.69) is 16.0 Å². The summed E-state index contributed by atoms with van der Waals surface area (Å²) in [5.74, 6) is -14.8. The smallest absolute Gasteiger partial charge is 0.381 e. The van der Waals surface area contributed by atoms with Gasteiger partial charge in [-0.2, -0.15) is 26.3 Å². The lowest BCUT2D eigenvalue weighted by Gasteiger charge is -2.47. The molecule has 12 amide bonds. The van der Waals surface area contributed by atoms with Gasteiger partial charge in [0.1, 0.15) is 53.9 Å². The number of likely N-dealkylation sites (N-methyl/N-ethyl adjacent to an activating group) is 7. The summed E-state index contributed by atoms with van der Waals surface area (Å²) < 4.78 is 90.5. The van der Waals surface area contributed by atoms with Crippen molar-refractivity contribution in [3.05, 3.63) is 12.2 Å². The average molecular weight is 1510 g/mol. The molecule has 3 heterocycles. The minimum Gasteiger partial charge on any atom is -0.381 e. The van der Waals surface area contributed by atoms with Crippen LogP contribution >= 0.6 is 0 Å². The standard InChI is InChI=1S/C75H118F6N12O13/c1-15-46(6)61-70(103)87(9)43-60(96)88(10)53-25-18-17-21-36-92(69(53)102)56(38-47-26-30-50(31-27-47)74(76,77)78)68(101)86(8)42-58(94)82-52(33-29-48-28-32-51(75(79,80)81)57(39-48)106-14)66(99)93-41-45(5)37-54(93)64(97)84-73(34-22-35-73)72(105)91(13)63(49-23-19-20-24-49)71(104)89(11)55(67(100)85(7)16-2)40-59(95)90(12)62(44(3)4)65(98)83-61/h17-18,44-57,61-63H,15-16,19-43H2,1-14H3,(H,82,94)(H,83,98)(H,84,97)/b18-17-/t45-,46-,47?,48?,50?,51?,52-,53-,54-,55-,56-,57?,61-,62-,63-/m0/s1. The van der Waals surface area contributed by atoms with E-state index in [1.54, 1.807) is 46.8 Å². The number of halogens is 6. The number of rotatable bonds is 12. The van der Waals surface area contributed by atoms with Gasteiger partial charge in [-0.1, -0.05) is 66.0 Å². The number of amides is 12. The number of hydrogen-bond donors (Lipinski definition) is 3. The SMILES string of the molecule is CC[C@H](C)[C@@H]1NC(=O)[C@H](C(C)C)N(C)C(=O)C[C@@H](C(=O)N(C)CC)N(C)C(=O)[C@H](C2CCCC2)N(C)C(=O)C2(CCC2)NC(=O)[C@@H]2C[C@H](C)CN2C(=O)[C@H](CCC2CCC(C(F)(F)F)C(OC)C2)NC(=O)CN(C)C(=O)[C@H](CC2CCC(C(F)(F)F)CC2)N2CC/C=C\C[C@@H](C2=O)N(C)C(=O)CN(C)C1=O. The van der Waals surface area contributed by atoms with Gasteiger partial charge in [-0.3, -0.25) is 57.5 Å². The van der Waals surface area contributed by atoms with E-state index in [1.807, 2.05) is 6.92 Å². The molecule has 7 rings (SSSR count). The number of nitrogens with one attached hydrogen (secondary N) is 3. The molecule has 106 heavy (non-hydrogen) atoms. The van der Waals surface area contributed by atoms with Crippen LogP contribution in [0.1, 0.15) is 183 Å². The zero-order chi connectivity index (χ0) is 78.8. The molecule has 2 saturated heterocycles. The Hall–Kier alpha value is -7.08. The van der Waals surface area contributed by atoms with Crippen molar-refractivity contribution in [3.8, 4) is 0 Å². The number of carbonyl (C=O) groups excluding carboxylic acids is 12. The van der Waals surface area contributed by atoms with Crippen molar-refractivity contribution in [2.24, 2.45) is 47.3 Å². The van der Waals surface area contributed by atoms with Crippen LogP contribution in [0.3, 0.4) is 0 Å². The fourth-order valence-corrected chi connectivity index (χ4v) is 17.2. The zero-order valence-electron chi connectivity index (χ0n) is 64.7. The summed E-state index contributed by atoms with van der Waals surface area (Å²) in [5, 5.41) is 8.67. The Balaban J connectivity index is 1.31. The maximum absolute atomic E-state index is 15.5. The van der Waals surface area contributed by atoms with Crippen molar-refractivity contribution < 1.29 is 88.6 Å². The lowest BCUT2D eigenvalue weighted by atomic mass is 9.74. The molecule has 3 unspecified atom stereocenters. The van der Waals surface area contributed by atoms with Crippen molar-refractivity contribution >= 4 is 70.9 Å². The first-order chi connectivity index (χ1) is 49.7. The number of carbonyl (C=O) groups is 12. The lowest BCUT2D eigenvalue weighted by molar-refractivity contribution is -0.215. The Morgan fingerprint density at radius 3 is 1.87 bits per heavy atom. The third-order valence-corrected chi connectivity index (χ3v) is 24.4.